The van der Waals surface area contributed by atoms with Gasteiger partial charge in [0.05, 0.1) is 0 Å². The molecule has 0 saturated carbocycles. The lowest BCUT2D eigenvalue weighted by Gasteiger charge is -1.90. The van der Waals surface area contributed by atoms with Gasteiger partial charge in [-0.05, 0) is 18.5 Å². The average molecular weight is 181 g/mol. The summed E-state index contributed by atoms with van der Waals surface area (Å²) in [7, 11) is 0. The first kappa shape index (κ1) is 11.4. The first-order chi connectivity index (χ1) is 6.16. The van der Waals surface area contributed by atoms with Crippen LogP contribution in [0.1, 0.15) is 19.8 Å². The predicted molar refractivity (Wildman–Crippen MR) is 48.1 cm³/mol. The van der Waals surface area contributed by atoms with E-state index in [1.54, 1.807) is 0 Å². The van der Waals surface area contributed by atoms with Gasteiger partial charge in [-0.3, -0.25) is 4.79 Å². The maximum atomic E-state index is 10.9. The molecule has 13 heavy (non-hydrogen) atoms. The molecule has 0 aliphatic rings. The Morgan fingerprint density at radius 2 is 2.15 bits per heavy atom. The highest BCUT2D eigenvalue weighted by Crippen LogP contribution is 1.93. The third-order valence-corrected chi connectivity index (χ3v) is 1.28. The lowest BCUT2D eigenvalue weighted by Crippen LogP contribution is -1.97. The van der Waals surface area contributed by atoms with Crippen molar-refractivity contribution in [3.63, 3.8) is 0 Å². The van der Waals surface area contributed by atoms with Crippen molar-refractivity contribution in [1.82, 2.24) is 0 Å². The van der Waals surface area contributed by atoms with E-state index in [4.69, 9.17) is 5.53 Å². The van der Waals surface area contributed by atoms with Gasteiger partial charge in [0.2, 0.25) is 0 Å². The summed E-state index contributed by atoms with van der Waals surface area (Å²) >= 11 is 0. The van der Waals surface area contributed by atoms with Gasteiger partial charge in [-0.1, -0.05) is 11.2 Å². The first-order valence-electron chi connectivity index (χ1n) is 3.86. The van der Waals surface area contributed by atoms with Gasteiger partial charge in [0.15, 0.2) is 5.78 Å². The number of rotatable bonds is 6. The summed E-state index contributed by atoms with van der Waals surface area (Å²) < 4.78 is 0. The number of allylic oxidation sites excluding steroid dienone is 1. The van der Waals surface area contributed by atoms with E-state index >= 15 is 0 Å². The van der Waals surface area contributed by atoms with Gasteiger partial charge in [0, 0.05) is 24.3 Å². The Bertz CT molecular complexity index is 265. The molecule has 0 radical (unpaired) electrons. The number of hydrogen-bond acceptors (Lipinski definition) is 3. The van der Waals surface area contributed by atoms with E-state index in [0.29, 0.717) is 0 Å². The third-order valence-electron chi connectivity index (χ3n) is 1.28. The smallest absolute Gasteiger partial charge is 0.155 e. The number of carbonyl (C=O) groups excluding carboxylic acids is 2. The molecule has 0 saturated heterocycles. The average Bonchev–Trinajstić information content (AvgIpc) is 2.09. The molecule has 0 aliphatic carbocycles. The van der Waals surface area contributed by atoms with Crippen LogP contribution >= 0.6 is 0 Å². The highest BCUT2D eigenvalue weighted by Gasteiger charge is 1.98. The maximum Gasteiger partial charge on any atom is 0.155 e. The summed E-state index contributed by atoms with van der Waals surface area (Å²) in [5, 5.41) is 3.21. The van der Waals surface area contributed by atoms with Crippen molar-refractivity contribution >= 4 is 11.6 Å². The summed E-state index contributed by atoms with van der Waals surface area (Å²) in [5.74, 6) is -0.125. The van der Waals surface area contributed by atoms with Crippen LogP contribution in [0.15, 0.2) is 17.3 Å². The normalized spacial score (nSPS) is 9.62. The molecular weight excluding hydrogens is 170 g/mol. The van der Waals surface area contributed by atoms with Crippen LogP contribution in [0.4, 0.5) is 0 Å². The fraction of sp³-hybridized carbons (Fsp3) is 0.500. The van der Waals surface area contributed by atoms with Crippen molar-refractivity contribution in [2.45, 2.75) is 19.8 Å². The molecule has 0 aromatic carbocycles. The molecule has 0 bridgehead atoms. The highest BCUT2D eigenvalue weighted by atomic mass is 16.1. The summed E-state index contributed by atoms with van der Waals surface area (Å²) in [5.41, 5.74) is 7.90. The van der Waals surface area contributed by atoms with E-state index in [1.165, 1.54) is 19.1 Å². The zero-order valence-electron chi connectivity index (χ0n) is 7.43. The molecule has 0 unspecified atom stereocenters. The Hall–Kier alpha value is -1.61. The number of nitrogens with zero attached hydrogens (tertiary/aromatic N) is 3. The zero-order chi connectivity index (χ0) is 10.1. The van der Waals surface area contributed by atoms with Crippen molar-refractivity contribution in [2.75, 3.05) is 6.54 Å². The Balaban J connectivity index is 3.67. The summed E-state index contributed by atoms with van der Waals surface area (Å²) in [4.78, 5) is 23.9. The van der Waals surface area contributed by atoms with Crippen LogP contribution in [0.2, 0.25) is 0 Å². The van der Waals surface area contributed by atoms with Crippen molar-refractivity contribution in [3.05, 3.63) is 22.6 Å². The molecular formula is C8H11N3O2. The Kier molecular flexibility index (Phi) is 6.19. The Morgan fingerprint density at radius 1 is 1.46 bits per heavy atom. The highest BCUT2D eigenvalue weighted by molar-refractivity contribution is 5.92. The predicted octanol–water partition coefficient (Wildman–Crippen LogP) is 1.79. The maximum absolute atomic E-state index is 10.9. The number of Topliss-reactive ketones (excluding diaryl/α,β-unsaturated/α-hetero) is 1. The molecule has 70 valence electrons. The van der Waals surface area contributed by atoms with Crippen LogP contribution < -0.4 is 0 Å². The van der Waals surface area contributed by atoms with Crippen LogP contribution in [0.25, 0.3) is 10.4 Å². The minimum atomic E-state index is -0.122. The molecule has 0 amide bonds. The second-order valence-corrected chi connectivity index (χ2v) is 2.48. The SMILES string of the molecule is CC(=O)CCC(=O)/C=C/CN=[N+]=[N-]. The Labute approximate surface area is 76.1 Å². The summed E-state index contributed by atoms with van der Waals surface area (Å²) in [6.07, 6.45) is 3.30. The van der Waals surface area contributed by atoms with Crippen LogP contribution in [0, 0.1) is 0 Å². The third kappa shape index (κ3) is 8.29. The fourth-order valence-corrected chi connectivity index (χ4v) is 0.650. The largest absolute Gasteiger partial charge is 0.300 e. The van der Waals surface area contributed by atoms with Gasteiger partial charge in [-0.2, -0.15) is 0 Å². The van der Waals surface area contributed by atoms with Crippen molar-refractivity contribution in [3.8, 4) is 0 Å². The van der Waals surface area contributed by atoms with E-state index in [2.05, 4.69) is 10.0 Å². The summed E-state index contributed by atoms with van der Waals surface area (Å²) in [6, 6.07) is 0. The lowest BCUT2D eigenvalue weighted by molar-refractivity contribution is -0.120. The van der Waals surface area contributed by atoms with Gasteiger partial charge in [0.25, 0.3) is 0 Å². The molecule has 0 rings (SSSR count). The van der Waals surface area contributed by atoms with E-state index in [1.807, 2.05) is 0 Å². The molecule has 0 heterocycles. The number of carbonyl (C=O) groups is 2. The zero-order valence-corrected chi connectivity index (χ0v) is 7.43. The van der Waals surface area contributed by atoms with Crippen molar-refractivity contribution in [1.29, 1.82) is 0 Å². The van der Waals surface area contributed by atoms with Crippen molar-refractivity contribution < 1.29 is 9.59 Å². The molecule has 0 N–H and O–H groups in total. The van der Waals surface area contributed by atoms with Gasteiger partial charge >= 0.3 is 0 Å². The van der Waals surface area contributed by atoms with E-state index in [0.717, 1.165) is 0 Å². The molecule has 0 atom stereocenters. The first-order valence-corrected chi connectivity index (χ1v) is 3.86. The van der Waals surface area contributed by atoms with Gasteiger partial charge in [0.1, 0.15) is 5.78 Å². The lowest BCUT2D eigenvalue weighted by atomic mass is 10.1. The molecule has 5 heteroatoms. The topological polar surface area (TPSA) is 82.9 Å². The molecule has 5 nitrogen and oxygen atoms in total. The van der Waals surface area contributed by atoms with E-state index in [9.17, 15) is 9.59 Å². The molecule has 0 aliphatic heterocycles. The molecule has 0 aromatic rings. The van der Waals surface area contributed by atoms with E-state index < -0.39 is 0 Å². The number of ketones is 2. The Morgan fingerprint density at radius 3 is 2.69 bits per heavy atom. The standard InChI is InChI=1S/C8H11N3O2/c1-7(12)4-5-8(13)3-2-6-10-11-9/h2-3H,4-6H2,1H3/b3-2+. The second kappa shape index (κ2) is 7.06. The van der Waals surface area contributed by atoms with Gasteiger partial charge in [-0.15, -0.1) is 0 Å². The number of hydrogen-bond donors (Lipinski definition) is 0. The minimum absolute atomic E-state index is 0.00297. The molecule has 0 spiro atoms. The van der Waals surface area contributed by atoms with Crippen LogP contribution in [-0.2, 0) is 9.59 Å². The van der Waals surface area contributed by atoms with Crippen molar-refractivity contribution in [2.24, 2.45) is 5.11 Å². The van der Waals surface area contributed by atoms with Gasteiger partial charge < -0.3 is 4.79 Å². The second-order valence-electron chi connectivity index (χ2n) is 2.48. The van der Waals surface area contributed by atoms with Gasteiger partial charge in [-0.25, -0.2) is 0 Å². The fourth-order valence-electron chi connectivity index (χ4n) is 0.650. The summed E-state index contributed by atoms with van der Waals surface area (Å²) in [6.45, 7) is 1.61. The molecule has 0 fully saturated rings. The quantitative estimate of drug-likeness (QED) is 0.271. The van der Waals surface area contributed by atoms with E-state index in [-0.39, 0.29) is 31.0 Å². The van der Waals surface area contributed by atoms with Crippen LogP contribution in [0.3, 0.4) is 0 Å². The van der Waals surface area contributed by atoms with Crippen LogP contribution in [-0.4, -0.2) is 18.1 Å². The molecule has 0 aromatic heterocycles. The number of azide groups is 1. The van der Waals surface area contributed by atoms with Crippen LogP contribution in [0.5, 0.6) is 0 Å². The minimum Gasteiger partial charge on any atom is -0.300 e. The monoisotopic (exact) mass is 181 g/mol.